The Kier molecular flexibility index (Phi) is 6.59. The number of thioether (sulfide) groups is 1. The summed E-state index contributed by atoms with van der Waals surface area (Å²) in [5.74, 6) is 1.04. The van der Waals surface area contributed by atoms with Crippen LogP contribution in [0, 0.1) is 6.92 Å². The molecule has 2 aromatic heterocycles. The normalized spacial score (nSPS) is 12.2. The van der Waals surface area contributed by atoms with Gasteiger partial charge < -0.3 is 4.90 Å². The summed E-state index contributed by atoms with van der Waals surface area (Å²) in [7, 11) is 1.86. The summed E-state index contributed by atoms with van der Waals surface area (Å²) >= 11 is 3.40. The number of nitrogens with zero attached hydrogens (tertiary/aromatic N) is 3. The molecule has 0 fully saturated rings. The average molecular weight is 350 g/mol. The van der Waals surface area contributed by atoms with Crippen LogP contribution in [-0.2, 0) is 11.3 Å². The molecule has 2 heterocycles. The number of thiazole rings is 1. The molecule has 2 rings (SSSR count). The molecule has 6 heteroatoms. The number of aromatic nitrogens is 2. The van der Waals surface area contributed by atoms with Crippen molar-refractivity contribution in [1.82, 2.24) is 14.9 Å². The highest BCUT2D eigenvalue weighted by molar-refractivity contribution is 8.01. The van der Waals surface area contributed by atoms with Gasteiger partial charge in [0, 0.05) is 30.9 Å². The number of amides is 1. The maximum atomic E-state index is 12.9. The minimum atomic E-state index is -0.111. The molecule has 1 unspecified atom stereocenters. The summed E-state index contributed by atoms with van der Waals surface area (Å²) in [5, 5.41) is 0. The van der Waals surface area contributed by atoms with Crippen LogP contribution in [0.15, 0.2) is 28.9 Å². The van der Waals surface area contributed by atoms with Gasteiger partial charge >= 0.3 is 0 Å². The summed E-state index contributed by atoms with van der Waals surface area (Å²) < 4.78 is 1.06. The number of hydrogen-bond acceptors (Lipinski definition) is 5. The lowest BCUT2D eigenvalue weighted by Gasteiger charge is -2.22. The lowest BCUT2D eigenvalue weighted by Crippen LogP contribution is -2.31. The summed E-state index contributed by atoms with van der Waals surface area (Å²) in [5.41, 5.74) is 2.03. The summed E-state index contributed by atoms with van der Waals surface area (Å²) in [6.45, 7) is 6.76. The molecule has 0 aliphatic carbocycles. The highest BCUT2D eigenvalue weighted by Crippen LogP contribution is 2.34. The maximum absolute atomic E-state index is 12.9. The van der Waals surface area contributed by atoms with Crippen molar-refractivity contribution in [2.45, 2.75) is 44.0 Å². The third kappa shape index (κ3) is 4.54. The van der Waals surface area contributed by atoms with Crippen LogP contribution in [0.2, 0.25) is 0 Å². The molecule has 0 aliphatic rings. The average Bonchev–Trinajstić information content (AvgIpc) is 2.90. The van der Waals surface area contributed by atoms with Crippen molar-refractivity contribution in [2.75, 3.05) is 12.8 Å². The second-order valence-corrected chi connectivity index (χ2v) is 7.92. The third-order valence-electron chi connectivity index (χ3n) is 3.62. The van der Waals surface area contributed by atoms with Crippen molar-refractivity contribution in [1.29, 1.82) is 0 Å². The quantitative estimate of drug-likeness (QED) is 0.706. The highest BCUT2D eigenvalue weighted by Gasteiger charge is 2.26. The van der Waals surface area contributed by atoms with Gasteiger partial charge in [0.1, 0.15) is 4.34 Å². The van der Waals surface area contributed by atoms with E-state index >= 15 is 0 Å². The Morgan fingerprint density at radius 1 is 1.43 bits per heavy atom. The van der Waals surface area contributed by atoms with Crippen molar-refractivity contribution in [3.8, 4) is 0 Å². The first-order valence-corrected chi connectivity index (χ1v) is 9.61. The fourth-order valence-electron chi connectivity index (χ4n) is 2.47. The lowest BCUT2D eigenvalue weighted by molar-refractivity contribution is -0.132. The van der Waals surface area contributed by atoms with E-state index in [9.17, 15) is 4.79 Å². The molecule has 1 amide bonds. The summed E-state index contributed by atoms with van der Waals surface area (Å²) in [6, 6.07) is 3.89. The zero-order chi connectivity index (χ0) is 16.8. The fraction of sp³-hybridized carbons (Fsp3) is 0.471. The van der Waals surface area contributed by atoms with Crippen molar-refractivity contribution >= 4 is 29.0 Å². The van der Waals surface area contributed by atoms with E-state index in [1.807, 2.05) is 26.1 Å². The summed E-state index contributed by atoms with van der Waals surface area (Å²) in [6.07, 6.45) is 4.34. The molecule has 23 heavy (non-hydrogen) atoms. The Morgan fingerprint density at radius 2 is 2.22 bits per heavy atom. The Labute approximate surface area is 146 Å². The minimum Gasteiger partial charge on any atom is -0.341 e. The Bertz CT molecular complexity index is 643. The van der Waals surface area contributed by atoms with E-state index in [0.717, 1.165) is 32.6 Å². The molecule has 4 nitrogen and oxygen atoms in total. The van der Waals surface area contributed by atoms with Crippen LogP contribution in [0.5, 0.6) is 0 Å². The fourth-order valence-corrected chi connectivity index (χ4v) is 4.75. The van der Waals surface area contributed by atoms with Gasteiger partial charge in [0.25, 0.3) is 0 Å². The van der Waals surface area contributed by atoms with E-state index in [2.05, 4.69) is 23.8 Å². The smallest absolute Gasteiger partial charge is 0.231 e. The second kappa shape index (κ2) is 8.45. The molecule has 0 spiro atoms. The minimum absolute atomic E-state index is 0.111. The molecule has 0 aliphatic heterocycles. The summed E-state index contributed by atoms with van der Waals surface area (Å²) in [4.78, 5) is 24.5. The van der Waals surface area contributed by atoms with E-state index < -0.39 is 0 Å². The van der Waals surface area contributed by atoms with Gasteiger partial charge in [-0.05, 0) is 30.7 Å². The van der Waals surface area contributed by atoms with E-state index in [1.165, 1.54) is 0 Å². The number of likely N-dealkylation sites (N-methyl/N-ethyl adjacent to an activating group) is 1. The molecule has 0 saturated carbocycles. The zero-order valence-corrected chi connectivity index (χ0v) is 15.7. The monoisotopic (exact) mass is 349 g/mol. The second-order valence-electron chi connectivity index (χ2n) is 5.38. The maximum Gasteiger partial charge on any atom is 0.231 e. The highest BCUT2D eigenvalue weighted by atomic mass is 32.2. The van der Waals surface area contributed by atoms with Crippen molar-refractivity contribution in [3.63, 3.8) is 0 Å². The van der Waals surface area contributed by atoms with Crippen LogP contribution in [0.25, 0.3) is 0 Å². The van der Waals surface area contributed by atoms with Crippen molar-refractivity contribution in [2.24, 2.45) is 0 Å². The Morgan fingerprint density at radius 3 is 2.83 bits per heavy atom. The van der Waals surface area contributed by atoms with Crippen LogP contribution in [0.1, 0.15) is 42.3 Å². The molecule has 2 aromatic rings. The predicted octanol–water partition coefficient (Wildman–Crippen LogP) is 4.11. The molecule has 0 N–H and O–H groups in total. The topological polar surface area (TPSA) is 46.1 Å². The third-order valence-corrected chi connectivity index (χ3v) is 5.92. The van der Waals surface area contributed by atoms with Crippen LogP contribution in [-0.4, -0.2) is 33.6 Å². The lowest BCUT2D eigenvalue weighted by atomic mass is 10.0. The molecule has 124 valence electrons. The predicted molar refractivity (Wildman–Crippen MR) is 97.0 cm³/mol. The van der Waals surface area contributed by atoms with Crippen LogP contribution >= 0.6 is 23.1 Å². The molecule has 0 aromatic carbocycles. The molecule has 0 radical (unpaired) electrons. The molecular formula is C17H23N3OS2. The molecule has 1 atom stereocenters. The van der Waals surface area contributed by atoms with Crippen molar-refractivity contribution in [3.05, 3.63) is 40.7 Å². The van der Waals surface area contributed by atoms with Gasteiger partial charge in [-0.3, -0.25) is 9.78 Å². The zero-order valence-electron chi connectivity index (χ0n) is 14.1. The molecule has 0 bridgehead atoms. The number of carbonyl (C=O) groups is 1. The SMILES string of the molecule is CCSc1nc(C)c(C(CC)C(=O)N(C)Cc2cccnc2)s1. The van der Waals surface area contributed by atoms with Gasteiger partial charge in [0.2, 0.25) is 5.91 Å². The van der Waals surface area contributed by atoms with Gasteiger partial charge in [-0.1, -0.05) is 31.7 Å². The van der Waals surface area contributed by atoms with Gasteiger partial charge in [0.05, 0.1) is 11.6 Å². The number of rotatable bonds is 7. The molecular weight excluding hydrogens is 326 g/mol. The number of carbonyl (C=O) groups excluding carboxylic acids is 1. The van der Waals surface area contributed by atoms with E-state index in [1.54, 1.807) is 40.4 Å². The van der Waals surface area contributed by atoms with Crippen LogP contribution in [0.3, 0.4) is 0 Å². The number of pyridine rings is 1. The van der Waals surface area contributed by atoms with Gasteiger partial charge in [-0.15, -0.1) is 11.3 Å². The van der Waals surface area contributed by atoms with E-state index in [-0.39, 0.29) is 11.8 Å². The Hall–Kier alpha value is -1.40. The van der Waals surface area contributed by atoms with E-state index in [0.29, 0.717) is 6.54 Å². The van der Waals surface area contributed by atoms with Crippen molar-refractivity contribution < 1.29 is 4.79 Å². The van der Waals surface area contributed by atoms with Gasteiger partial charge in [-0.2, -0.15) is 0 Å². The van der Waals surface area contributed by atoms with Gasteiger partial charge in [-0.25, -0.2) is 4.98 Å². The van der Waals surface area contributed by atoms with E-state index in [4.69, 9.17) is 0 Å². The molecule has 0 saturated heterocycles. The Balaban J connectivity index is 2.14. The van der Waals surface area contributed by atoms with Crippen LogP contribution < -0.4 is 0 Å². The first-order valence-electron chi connectivity index (χ1n) is 7.80. The largest absolute Gasteiger partial charge is 0.341 e. The standard InChI is InChI=1S/C17H23N3OS2/c1-5-14(15-12(3)19-17(23-15)22-6-2)16(21)20(4)11-13-8-7-9-18-10-13/h7-10,14H,5-6,11H2,1-4H3. The first kappa shape index (κ1) is 17.9. The van der Waals surface area contributed by atoms with Crippen LogP contribution in [0.4, 0.5) is 0 Å². The first-order chi connectivity index (χ1) is 11.1. The number of hydrogen-bond donors (Lipinski definition) is 0. The van der Waals surface area contributed by atoms with Gasteiger partial charge in [0.15, 0.2) is 0 Å². The number of aryl methyl sites for hydroxylation is 1.